The van der Waals surface area contributed by atoms with E-state index >= 15 is 0 Å². The highest BCUT2D eigenvalue weighted by Crippen LogP contribution is 2.41. The van der Waals surface area contributed by atoms with Crippen molar-refractivity contribution in [2.75, 3.05) is 0 Å². The zero-order valence-corrected chi connectivity index (χ0v) is 17.2. The lowest BCUT2D eigenvalue weighted by atomic mass is 10.0. The van der Waals surface area contributed by atoms with Crippen molar-refractivity contribution in [1.29, 1.82) is 5.41 Å². The Kier molecular flexibility index (Phi) is 4.00. The van der Waals surface area contributed by atoms with Crippen LogP contribution in [0.2, 0.25) is 0 Å². The van der Waals surface area contributed by atoms with E-state index in [1.54, 1.807) is 18.2 Å². The quantitative estimate of drug-likeness (QED) is 0.242. The second kappa shape index (κ2) is 6.93. The second-order valence-corrected chi connectivity index (χ2v) is 8.05. The number of hydrogen-bond acceptors (Lipinski definition) is 6. The van der Waals surface area contributed by atoms with Crippen LogP contribution in [-0.2, 0) is 6.42 Å². The van der Waals surface area contributed by atoms with Crippen LogP contribution >= 0.6 is 0 Å². The fraction of sp³-hybridized carbons (Fsp3) is 0.0385. The van der Waals surface area contributed by atoms with E-state index in [1.807, 2.05) is 42.5 Å². The summed E-state index contributed by atoms with van der Waals surface area (Å²) in [5, 5.41) is 35.1. The van der Waals surface area contributed by atoms with Gasteiger partial charge in [-0.15, -0.1) is 0 Å². The standard InChI is InChI=1S/C26H16N4O3/c27-23-20-13-15-7-2-4-9-17(15)22(20)26(30(32)33)25(29-31)24(23)28-21-11-5-10-18-16-8-3-1-6-14(16)12-19(18)21/h1-11,13,27,31H,12H2. The molecule has 6 rings (SSSR count). The van der Waals surface area contributed by atoms with Crippen molar-refractivity contribution in [3.05, 3.63) is 110 Å². The van der Waals surface area contributed by atoms with Gasteiger partial charge in [0.1, 0.15) is 5.36 Å². The van der Waals surface area contributed by atoms with Crippen LogP contribution in [0.5, 0.6) is 0 Å². The number of nitrogens with one attached hydrogen (secondary N) is 1. The molecule has 0 atom stereocenters. The lowest BCUT2D eigenvalue weighted by Gasteiger charge is -2.06. The third-order valence-electron chi connectivity index (χ3n) is 6.33. The van der Waals surface area contributed by atoms with E-state index < -0.39 is 4.92 Å². The Bertz CT molecular complexity index is 1760. The maximum absolute atomic E-state index is 12.1. The average molecular weight is 432 g/mol. The lowest BCUT2D eigenvalue weighted by molar-refractivity contribution is -0.385. The Hall–Kier alpha value is -4.65. The summed E-state index contributed by atoms with van der Waals surface area (Å²) in [5.41, 5.74) is 5.30. The summed E-state index contributed by atoms with van der Waals surface area (Å²) in [7, 11) is 0. The molecule has 0 fully saturated rings. The number of benzene rings is 4. The number of hydrogen-bond donors (Lipinski definition) is 2. The molecule has 3 aliphatic rings. The summed E-state index contributed by atoms with van der Waals surface area (Å²) in [6.07, 6.45) is 0.675. The SMILES string of the molecule is N=c1c2cc3ccccc3c-2c([N+](=O)[O-])c(=NO)c1=Nc1cccc2c1Cc1ccccc1-2. The van der Waals surface area contributed by atoms with Gasteiger partial charge in [0, 0.05) is 12.0 Å². The number of nitrogens with zero attached hydrogens (tertiary/aromatic N) is 3. The highest BCUT2D eigenvalue weighted by atomic mass is 16.6. The summed E-state index contributed by atoms with van der Waals surface area (Å²) < 4.78 is 0. The fourth-order valence-corrected chi connectivity index (χ4v) is 4.90. The van der Waals surface area contributed by atoms with E-state index in [9.17, 15) is 15.3 Å². The largest absolute Gasteiger partial charge is 0.410 e. The molecule has 0 amide bonds. The van der Waals surface area contributed by atoms with Crippen molar-refractivity contribution in [2.45, 2.75) is 6.42 Å². The van der Waals surface area contributed by atoms with E-state index in [4.69, 9.17) is 5.41 Å². The summed E-state index contributed by atoms with van der Waals surface area (Å²) in [4.78, 5) is 16.2. The Balaban J connectivity index is 1.73. The fourth-order valence-electron chi connectivity index (χ4n) is 4.90. The molecule has 3 aliphatic carbocycles. The van der Waals surface area contributed by atoms with Crippen molar-refractivity contribution in [1.82, 2.24) is 0 Å². The molecule has 0 saturated heterocycles. The van der Waals surface area contributed by atoms with E-state index in [1.165, 1.54) is 5.56 Å². The minimum atomic E-state index is -0.562. The molecule has 0 spiro atoms. The number of fused-ring (bicyclic) bond motifs is 6. The normalized spacial score (nSPS) is 13.6. The van der Waals surface area contributed by atoms with Gasteiger partial charge in [0.25, 0.3) is 0 Å². The van der Waals surface area contributed by atoms with Gasteiger partial charge in [0.15, 0.2) is 0 Å². The second-order valence-electron chi connectivity index (χ2n) is 8.05. The van der Waals surface area contributed by atoms with E-state index in [-0.39, 0.29) is 27.3 Å². The molecule has 0 heterocycles. The lowest BCUT2D eigenvalue weighted by Crippen LogP contribution is -2.42. The summed E-state index contributed by atoms with van der Waals surface area (Å²) in [6, 6.07) is 22.8. The first-order chi connectivity index (χ1) is 16.1. The minimum absolute atomic E-state index is 0.00675. The zero-order chi connectivity index (χ0) is 22.7. The monoisotopic (exact) mass is 432 g/mol. The molecule has 0 radical (unpaired) electrons. The molecule has 7 heteroatoms. The van der Waals surface area contributed by atoms with E-state index in [0.29, 0.717) is 23.1 Å². The van der Waals surface area contributed by atoms with Gasteiger partial charge in [-0.05, 0) is 45.2 Å². The Labute approximate surface area is 186 Å². The van der Waals surface area contributed by atoms with Gasteiger partial charge in [-0.25, -0.2) is 4.99 Å². The molecular weight excluding hydrogens is 416 g/mol. The van der Waals surface area contributed by atoms with Crippen LogP contribution in [0, 0.1) is 15.5 Å². The van der Waals surface area contributed by atoms with Crippen molar-refractivity contribution in [3.63, 3.8) is 0 Å². The first-order valence-corrected chi connectivity index (χ1v) is 10.4. The molecular formula is C26H16N4O3. The minimum Gasteiger partial charge on any atom is -0.410 e. The molecule has 33 heavy (non-hydrogen) atoms. The van der Waals surface area contributed by atoms with Gasteiger partial charge in [0.05, 0.1) is 21.5 Å². The van der Waals surface area contributed by atoms with E-state index in [0.717, 1.165) is 22.1 Å². The topological polar surface area (TPSA) is 112 Å². The highest BCUT2D eigenvalue weighted by Gasteiger charge is 2.28. The third kappa shape index (κ3) is 2.66. The average Bonchev–Trinajstić information content (AvgIpc) is 3.40. The van der Waals surface area contributed by atoms with Gasteiger partial charge in [-0.3, -0.25) is 15.5 Å². The summed E-state index contributed by atoms with van der Waals surface area (Å²) in [5.74, 6) is 0. The predicted octanol–water partition coefficient (Wildman–Crippen LogP) is 4.30. The Morgan fingerprint density at radius 1 is 0.909 bits per heavy atom. The Morgan fingerprint density at radius 3 is 2.48 bits per heavy atom. The number of nitro groups is 1. The van der Waals surface area contributed by atoms with Crippen LogP contribution < -0.4 is 16.1 Å². The van der Waals surface area contributed by atoms with Gasteiger partial charge in [0.2, 0.25) is 5.36 Å². The van der Waals surface area contributed by atoms with Gasteiger partial charge in [-0.2, -0.15) is 0 Å². The molecule has 0 saturated carbocycles. The van der Waals surface area contributed by atoms with Crippen LogP contribution in [0.15, 0.2) is 82.9 Å². The van der Waals surface area contributed by atoms with Crippen LogP contribution in [-0.4, -0.2) is 10.1 Å². The maximum Gasteiger partial charge on any atom is 0.309 e. The molecule has 3 aromatic carbocycles. The molecule has 158 valence electrons. The first kappa shape index (κ1) is 19.1. The number of rotatable bonds is 2. The van der Waals surface area contributed by atoms with Gasteiger partial charge >= 0.3 is 5.69 Å². The molecule has 2 N–H and O–H groups in total. The molecule has 7 nitrogen and oxygen atoms in total. The highest BCUT2D eigenvalue weighted by molar-refractivity contribution is 6.05. The number of nitro benzene ring substituents is 1. The van der Waals surface area contributed by atoms with Crippen molar-refractivity contribution < 1.29 is 10.1 Å². The molecule has 0 aromatic heterocycles. The molecule has 0 bridgehead atoms. The van der Waals surface area contributed by atoms with Crippen LogP contribution in [0.25, 0.3) is 33.0 Å². The van der Waals surface area contributed by atoms with Crippen LogP contribution in [0.4, 0.5) is 11.4 Å². The Morgan fingerprint density at radius 2 is 1.67 bits per heavy atom. The van der Waals surface area contributed by atoms with E-state index in [2.05, 4.69) is 22.3 Å². The van der Waals surface area contributed by atoms with Crippen LogP contribution in [0.1, 0.15) is 11.1 Å². The van der Waals surface area contributed by atoms with Gasteiger partial charge < -0.3 is 5.21 Å². The molecule has 0 unspecified atom stereocenters. The first-order valence-electron chi connectivity index (χ1n) is 10.4. The maximum atomic E-state index is 12.1. The van der Waals surface area contributed by atoms with Crippen molar-refractivity contribution >= 4 is 22.1 Å². The molecule has 3 aromatic rings. The molecule has 0 aliphatic heterocycles. The summed E-state index contributed by atoms with van der Waals surface area (Å²) in [6.45, 7) is 0. The van der Waals surface area contributed by atoms with Crippen molar-refractivity contribution in [2.24, 2.45) is 10.1 Å². The smallest absolute Gasteiger partial charge is 0.309 e. The zero-order valence-electron chi connectivity index (χ0n) is 17.2. The van der Waals surface area contributed by atoms with Gasteiger partial charge in [-0.1, -0.05) is 65.8 Å². The van der Waals surface area contributed by atoms with Crippen molar-refractivity contribution in [3.8, 4) is 22.3 Å². The summed E-state index contributed by atoms with van der Waals surface area (Å²) >= 11 is 0. The predicted molar refractivity (Wildman–Crippen MR) is 123 cm³/mol. The van der Waals surface area contributed by atoms with Crippen LogP contribution in [0.3, 0.4) is 0 Å². The third-order valence-corrected chi connectivity index (χ3v) is 6.33.